The molecule has 106 valence electrons. The smallest absolute Gasteiger partial charge is 0.240 e. The van der Waals surface area contributed by atoms with Crippen LogP contribution in [0.5, 0.6) is 0 Å². The molecule has 19 heavy (non-hydrogen) atoms. The lowest BCUT2D eigenvalue weighted by molar-refractivity contribution is 0.297. The minimum absolute atomic E-state index is 0.0556. The summed E-state index contributed by atoms with van der Waals surface area (Å²) in [4.78, 5) is 0.0556. The molecule has 1 aliphatic carbocycles. The van der Waals surface area contributed by atoms with Crippen LogP contribution in [0, 0.1) is 18.7 Å². The molecule has 0 aromatic heterocycles. The third-order valence-corrected chi connectivity index (χ3v) is 5.26. The van der Waals surface area contributed by atoms with Crippen molar-refractivity contribution in [3.63, 3.8) is 0 Å². The molecule has 0 radical (unpaired) electrons. The number of hydrogen-bond acceptors (Lipinski definition) is 3. The summed E-state index contributed by atoms with van der Waals surface area (Å²) in [5.74, 6) is 0.0491. The molecule has 0 aliphatic heterocycles. The zero-order chi connectivity index (χ0) is 14.0. The van der Waals surface area contributed by atoms with Crippen LogP contribution in [-0.2, 0) is 10.0 Å². The summed E-state index contributed by atoms with van der Waals surface area (Å²) in [6.45, 7) is 1.98. The van der Waals surface area contributed by atoms with E-state index in [1.165, 1.54) is 25.3 Å². The van der Waals surface area contributed by atoms with Crippen LogP contribution in [0.4, 0.5) is 10.1 Å². The average Bonchev–Trinajstić information content (AvgIpc) is 2.26. The molecule has 1 aromatic carbocycles. The van der Waals surface area contributed by atoms with E-state index in [1.54, 1.807) is 6.92 Å². The van der Waals surface area contributed by atoms with E-state index in [-0.39, 0.29) is 10.6 Å². The Bertz CT molecular complexity index is 568. The summed E-state index contributed by atoms with van der Waals surface area (Å²) in [5.41, 5.74) is 5.64. The first-order valence-corrected chi connectivity index (χ1v) is 7.94. The number of aryl methyl sites for hydroxylation is 1. The van der Waals surface area contributed by atoms with E-state index in [2.05, 4.69) is 4.72 Å². The number of sulfonamides is 1. The van der Waals surface area contributed by atoms with Crippen LogP contribution in [0.25, 0.3) is 0 Å². The molecule has 0 saturated heterocycles. The molecule has 0 bridgehead atoms. The fourth-order valence-electron chi connectivity index (χ4n) is 2.21. The van der Waals surface area contributed by atoms with Gasteiger partial charge in [0.25, 0.3) is 0 Å². The summed E-state index contributed by atoms with van der Waals surface area (Å²) >= 11 is 0. The van der Waals surface area contributed by atoms with Gasteiger partial charge >= 0.3 is 0 Å². The highest BCUT2D eigenvalue weighted by atomic mass is 32.2. The fourth-order valence-corrected chi connectivity index (χ4v) is 3.52. The van der Waals surface area contributed by atoms with Gasteiger partial charge in [0.1, 0.15) is 5.82 Å². The number of anilines is 1. The molecule has 3 N–H and O–H groups in total. The second-order valence-electron chi connectivity index (χ2n) is 5.12. The van der Waals surface area contributed by atoms with E-state index in [9.17, 15) is 12.8 Å². The lowest BCUT2D eigenvalue weighted by Gasteiger charge is -2.25. The zero-order valence-corrected chi connectivity index (χ0v) is 11.8. The standard InChI is InChI=1S/C13H19FN2O2S/c1-9-7-11(14)12(15)8-13(9)19(17,18)16-6-5-10-3-2-4-10/h7-8,10,16H,2-6,15H2,1H3. The number of benzene rings is 1. The van der Waals surface area contributed by atoms with Crippen LogP contribution in [-0.4, -0.2) is 15.0 Å². The van der Waals surface area contributed by atoms with Crippen molar-refractivity contribution >= 4 is 15.7 Å². The van der Waals surface area contributed by atoms with Crippen LogP contribution in [0.1, 0.15) is 31.2 Å². The maximum absolute atomic E-state index is 13.2. The van der Waals surface area contributed by atoms with Crippen LogP contribution in [0.2, 0.25) is 0 Å². The lowest BCUT2D eigenvalue weighted by atomic mass is 9.83. The van der Waals surface area contributed by atoms with Crippen molar-refractivity contribution < 1.29 is 12.8 Å². The second kappa shape index (κ2) is 5.46. The summed E-state index contributed by atoms with van der Waals surface area (Å²) in [5, 5.41) is 0. The number of nitrogens with two attached hydrogens (primary N) is 1. The van der Waals surface area contributed by atoms with Crippen molar-refractivity contribution in [2.24, 2.45) is 5.92 Å². The third kappa shape index (κ3) is 3.25. The highest BCUT2D eigenvalue weighted by molar-refractivity contribution is 7.89. The Morgan fingerprint density at radius 2 is 2.11 bits per heavy atom. The van der Waals surface area contributed by atoms with Gasteiger partial charge in [0, 0.05) is 6.54 Å². The Balaban J connectivity index is 2.07. The predicted molar refractivity (Wildman–Crippen MR) is 72.7 cm³/mol. The summed E-state index contributed by atoms with van der Waals surface area (Å²) in [6.07, 6.45) is 4.47. The lowest BCUT2D eigenvalue weighted by Crippen LogP contribution is -2.28. The number of hydrogen-bond donors (Lipinski definition) is 2. The van der Waals surface area contributed by atoms with Crippen molar-refractivity contribution in [3.05, 3.63) is 23.5 Å². The maximum Gasteiger partial charge on any atom is 0.240 e. The fraction of sp³-hybridized carbons (Fsp3) is 0.538. The van der Waals surface area contributed by atoms with Crippen LogP contribution in [0.15, 0.2) is 17.0 Å². The van der Waals surface area contributed by atoms with Gasteiger partial charge in [-0.3, -0.25) is 0 Å². The average molecular weight is 286 g/mol. The Morgan fingerprint density at radius 1 is 1.42 bits per heavy atom. The van der Waals surface area contributed by atoms with Gasteiger partial charge in [-0.1, -0.05) is 19.3 Å². The molecule has 1 fully saturated rings. The first kappa shape index (κ1) is 14.3. The van der Waals surface area contributed by atoms with Gasteiger partial charge in [0.15, 0.2) is 0 Å². The van der Waals surface area contributed by atoms with Crippen LogP contribution >= 0.6 is 0 Å². The van der Waals surface area contributed by atoms with Gasteiger partial charge in [-0.25, -0.2) is 17.5 Å². The van der Waals surface area contributed by atoms with Crippen molar-refractivity contribution in [3.8, 4) is 0 Å². The Hall–Kier alpha value is -1.14. The molecule has 1 aromatic rings. The SMILES string of the molecule is Cc1cc(F)c(N)cc1S(=O)(=O)NCCC1CCC1. The molecular formula is C13H19FN2O2S. The van der Waals surface area contributed by atoms with Gasteiger partial charge in [0.05, 0.1) is 10.6 Å². The van der Waals surface area contributed by atoms with E-state index in [0.717, 1.165) is 12.5 Å². The highest BCUT2D eigenvalue weighted by Gasteiger charge is 2.21. The first-order chi connectivity index (χ1) is 8.90. The van der Waals surface area contributed by atoms with E-state index >= 15 is 0 Å². The van der Waals surface area contributed by atoms with Crippen molar-refractivity contribution in [1.82, 2.24) is 4.72 Å². The van der Waals surface area contributed by atoms with Crippen LogP contribution in [0.3, 0.4) is 0 Å². The normalized spacial score (nSPS) is 16.3. The molecular weight excluding hydrogens is 267 g/mol. The molecule has 0 spiro atoms. The molecule has 1 aliphatic rings. The number of halogens is 1. The predicted octanol–water partition coefficient (Wildman–Crippen LogP) is 2.18. The van der Waals surface area contributed by atoms with E-state index in [0.29, 0.717) is 18.0 Å². The molecule has 0 heterocycles. The summed E-state index contributed by atoms with van der Waals surface area (Å²) in [6, 6.07) is 2.33. The molecule has 0 amide bonds. The van der Waals surface area contributed by atoms with E-state index < -0.39 is 15.8 Å². The topological polar surface area (TPSA) is 72.2 Å². The maximum atomic E-state index is 13.2. The van der Waals surface area contributed by atoms with Crippen molar-refractivity contribution in [2.45, 2.75) is 37.5 Å². The Labute approximate surface area is 113 Å². The van der Waals surface area contributed by atoms with Crippen molar-refractivity contribution in [1.29, 1.82) is 0 Å². The Kier molecular flexibility index (Phi) is 4.10. The van der Waals surface area contributed by atoms with Gasteiger partial charge in [0.2, 0.25) is 10.0 Å². The van der Waals surface area contributed by atoms with Gasteiger partial charge in [-0.15, -0.1) is 0 Å². The third-order valence-electron chi connectivity index (χ3n) is 3.65. The van der Waals surface area contributed by atoms with Crippen LogP contribution < -0.4 is 10.5 Å². The van der Waals surface area contributed by atoms with E-state index in [4.69, 9.17) is 5.73 Å². The zero-order valence-electron chi connectivity index (χ0n) is 10.9. The van der Waals surface area contributed by atoms with Gasteiger partial charge in [-0.05, 0) is 37.0 Å². The summed E-state index contributed by atoms with van der Waals surface area (Å²) in [7, 11) is -3.61. The molecule has 2 rings (SSSR count). The molecule has 0 unspecified atom stereocenters. The minimum Gasteiger partial charge on any atom is -0.396 e. The molecule has 6 heteroatoms. The summed E-state index contributed by atoms with van der Waals surface area (Å²) < 4.78 is 40.0. The largest absolute Gasteiger partial charge is 0.396 e. The second-order valence-corrected chi connectivity index (χ2v) is 6.86. The van der Waals surface area contributed by atoms with Gasteiger partial charge in [-0.2, -0.15) is 0 Å². The number of nitrogen functional groups attached to an aromatic ring is 1. The van der Waals surface area contributed by atoms with Crippen molar-refractivity contribution in [2.75, 3.05) is 12.3 Å². The highest BCUT2D eigenvalue weighted by Crippen LogP contribution is 2.29. The first-order valence-electron chi connectivity index (χ1n) is 6.45. The monoisotopic (exact) mass is 286 g/mol. The van der Waals surface area contributed by atoms with Gasteiger partial charge < -0.3 is 5.73 Å². The number of rotatable bonds is 5. The Morgan fingerprint density at radius 3 is 2.68 bits per heavy atom. The molecule has 4 nitrogen and oxygen atoms in total. The number of nitrogens with one attached hydrogen (secondary N) is 1. The molecule has 1 saturated carbocycles. The minimum atomic E-state index is -3.61. The van der Waals surface area contributed by atoms with E-state index in [1.807, 2.05) is 0 Å². The molecule has 0 atom stereocenters. The quantitative estimate of drug-likeness (QED) is 0.815.